The first-order chi connectivity index (χ1) is 39.9. The van der Waals surface area contributed by atoms with Crippen molar-refractivity contribution in [3.63, 3.8) is 0 Å². The minimum Gasteiger partial charge on any atom is -0.456 e. The minimum atomic E-state index is -4.48. The second-order valence-electron chi connectivity index (χ2n) is 22.5. The maximum Gasteiger partial charge on any atom is 0.472 e. The Hall–Kier alpha value is -4.11. The van der Waals surface area contributed by atoms with Crippen molar-refractivity contribution in [1.82, 2.24) is 5.32 Å². The molecule has 0 spiro atoms. The largest absolute Gasteiger partial charge is 0.472 e. The summed E-state index contributed by atoms with van der Waals surface area (Å²) in [5, 5.41) is 3.04. The summed E-state index contributed by atoms with van der Waals surface area (Å²) >= 11 is 0. The predicted octanol–water partition coefficient (Wildman–Crippen LogP) is 20.6. The molecule has 1 amide bonds. The lowest BCUT2D eigenvalue weighted by Gasteiger charge is -2.27. The fraction of sp³-hybridized carbons (Fsp3) is 0.639. The molecule has 0 aromatic heterocycles. The van der Waals surface area contributed by atoms with Crippen molar-refractivity contribution in [3.8, 4) is 0 Å². The number of amides is 1. The first-order valence-corrected chi connectivity index (χ1v) is 34.2. The number of nitrogens with zero attached hydrogens (tertiary/aromatic N) is 1. The maximum atomic E-state index is 13.6. The lowest BCUT2D eigenvalue weighted by molar-refractivity contribution is -0.870. The number of phosphoric acid groups is 1. The quantitative estimate of drug-likeness (QED) is 0.0205. The molecular formula is C72H122N2O7P+. The number of esters is 1. The summed E-state index contributed by atoms with van der Waals surface area (Å²) in [4.78, 5) is 37.8. The summed E-state index contributed by atoms with van der Waals surface area (Å²) in [6.07, 6.45) is 87.0. The summed E-state index contributed by atoms with van der Waals surface area (Å²) in [7, 11) is 1.44. The van der Waals surface area contributed by atoms with Gasteiger partial charge in [0, 0.05) is 12.8 Å². The van der Waals surface area contributed by atoms with Crippen LogP contribution in [0, 0.1) is 0 Å². The summed E-state index contributed by atoms with van der Waals surface area (Å²) in [6.45, 7) is 6.73. The number of unbranched alkanes of at least 4 members (excludes halogenated alkanes) is 19. The van der Waals surface area contributed by atoms with E-state index in [4.69, 9.17) is 13.8 Å². The Morgan fingerprint density at radius 3 is 1.17 bits per heavy atom. The number of carbonyl (C=O) groups excluding carboxylic acids is 2. The van der Waals surface area contributed by atoms with Gasteiger partial charge in [0.25, 0.3) is 0 Å². The van der Waals surface area contributed by atoms with Crippen molar-refractivity contribution in [2.75, 3.05) is 40.9 Å². The van der Waals surface area contributed by atoms with E-state index in [0.717, 1.165) is 148 Å². The molecule has 0 heterocycles. The molecular weight excluding hydrogens is 1040 g/mol. The number of allylic oxidation sites excluding steroid dienone is 23. The maximum absolute atomic E-state index is 13.6. The summed E-state index contributed by atoms with van der Waals surface area (Å²) in [5.74, 6) is -0.567. The van der Waals surface area contributed by atoms with E-state index < -0.39 is 20.0 Å². The van der Waals surface area contributed by atoms with Crippen LogP contribution >= 0.6 is 7.82 Å². The van der Waals surface area contributed by atoms with Gasteiger partial charge in [0.2, 0.25) is 5.91 Å². The highest BCUT2D eigenvalue weighted by Gasteiger charge is 2.30. The number of carbonyl (C=O) groups is 2. The molecule has 3 unspecified atom stereocenters. The molecule has 0 aromatic carbocycles. The van der Waals surface area contributed by atoms with Gasteiger partial charge in [-0.05, 0) is 128 Å². The third-order valence-corrected chi connectivity index (χ3v) is 14.5. The van der Waals surface area contributed by atoms with Crippen LogP contribution in [0.15, 0.2) is 146 Å². The first-order valence-electron chi connectivity index (χ1n) is 32.7. The molecule has 0 radical (unpaired) electrons. The van der Waals surface area contributed by atoms with E-state index in [-0.39, 0.29) is 37.9 Å². The van der Waals surface area contributed by atoms with Gasteiger partial charge < -0.3 is 19.4 Å². The molecule has 3 atom stereocenters. The van der Waals surface area contributed by atoms with Crippen LogP contribution in [0.1, 0.15) is 245 Å². The monoisotopic (exact) mass is 1160 g/mol. The average molecular weight is 1160 g/mol. The van der Waals surface area contributed by atoms with Crippen LogP contribution in [0.4, 0.5) is 0 Å². The number of phosphoric ester groups is 1. The van der Waals surface area contributed by atoms with Crippen LogP contribution in [0.25, 0.3) is 0 Å². The Balaban J connectivity index is 5.31. The molecule has 0 aliphatic heterocycles. The molecule has 0 saturated carbocycles. The van der Waals surface area contributed by atoms with Crippen molar-refractivity contribution in [2.24, 2.45) is 0 Å². The van der Waals surface area contributed by atoms with Crippen LogP contribution in [0.3, 0.4) is 0 Å². The van der Waals surface area contributed by atoms with Crippen LogP contribution in [-0.2, 0) is 27.9 Å². The first kappa shape index (κ1) is 77.9. The fourth-order valence-electron chi connectivity index (χ4n) is 8.56. The summed E-state index contributed by atoms with van der Waals surface area (Å²) in [5.41, 5.74) is 0. The second kappa shape index (κ2) is 60.0. The van der Waals surface area contributed by atoms with Crippen molar-refractivity contribution in [3.05, 3.63) is 146 Å². The zero-order valence-corrected chi connectivity index (χ0v) is 54.1. The van der Waals surface area contributed by atoms with Gasteiger partial charge in [-0.1, -0.05) is 250 Å². The topological polar surface area (TPSA) is 111 Å². The fourth-order valence-corrected chi connectivity index (χ4v) is 9.29. The molecule has 0 saturated heterocycles. The molecule has 466 valence electrons. The Morgan fingerprint density at radius 2 is 0.780 bits per heavy atom. The van der Waals surface area contributed by atoms with Gasteiger partial charge >= 0.3 is 13.8 Å². The van der Waals surface area contributed by atoms with Crippen molar-refractivity contribution < 1.29 is 37.3 Å². The Labute approximate surface area is 504 Å². The molecule has 82 heavy (non-hydrogen) atoms. The number of hydrogen-bond acceptors (Lipinski definition) is 6. The van der Waals surface area contributed by atoms with E-state index in [1.807, 2.05) is 33.3 Å². The van der Waals surface area contributed by atoms with Gasteiger partial charge in [0.15, 0.2) is 0 Å². The van der Waals surface area contributed by atoms with E-state index in [9.17, 15) is 19.0 Å². The second-order valence-corrected chi connectivity index (χ2v) is 24.0. The van der Waals surface area contributed by atoms with Crippen molar-refractivity contribution in [2.45, 2.75) is 258 Å². The van der Waals surface area contributed by atoms with E-state index in [1.54, 1.807) is 0 Å². The number of nitrogens with one attached hydrogen (secondary N) is 1. The summed E-state index contributed by atoms with van der Waals surface area (Å²) < 4.78 is 30.7. The third kappa shape index (κ3) is 60.5. The minimum absolute atomic E-state index is 0.0228. The summed E-state index contributed by atoms with van der Waals surface area (Å²) in [6, 6.07) is -0.882. The van der Waals surface area contributed by atoms with E-state index >= 15 is 0 Å². The predicted molar refractivity (Wildman–Crippen MR) is 355 cm³/mol. The van der Waals surface area contributed by atoms with E-state index in [1.165, 1.54) is 51.4 Å². The molecule has 0 aliphatic carbocycles. The number of quaternary nitrogens is 1. The van der Waals surface area contributed by atoms with Crippen molar-refractivity contribution >= 4 is 19.7 Å². The number of likely N-dealkylation sites (N-methyl/N-ethyl adjacent to an activating group) is 1. The Morgan fingerprint density at radius 1 is 0.439 bits per heavy atom. The molecule has 0 aliphatic rings. The van der Waals surface area contributed by atoms with Gasteiger partial charge in [0.1, 0.15) is 19.3 Å². The van der Waals surface area contributed by atoms with Gasteiger partial charge in [-0.3, -0.25) is 18.6 Å². The molecule has 2 N–H and O–H groups in total. The smallest absolute Gasteiger partial charge is 0.456 e. The lowest BCUT2D eigenvalue weighted by Crippen LogP contribution is -2.47. The number of hydrogen-bond donors (Lipinski definition) is 2. The van der Waals surface area contributed by atoms with E-state index in [2.05, 4.69) is 160 Å². The molecule has 0 fully saturated rings. The zero-order chi connectivity index (χ0) is 60.0. The van der Waals surface area contributed by atoms with E-state index in [0.29, 0.717) is 23.9 Å². The van der Waals surface area contributed by atoms with Gasteiger partial charge in [-0.2, -0.15) is 0 Å². The van der Waals surface area contributed by atoms with Gasteiger partial charge in [-0.25, -0.2) is 4.57 Å². The number of rotatable bonds is 57. The standard InChI is InChI=1S/C72H121N2O7P/c1-7-10-13-16-19-22-25-28-30-32-34-36-37-39-40-42-44-46-49-52-55-58-61-64-71(75)73-69(68-80-82(77,78)79-67-66-74(4,5)6)70(63-60-57-54-51-48-27-24-21-18-15-12-9-3)81-72(76)65-62-59-56-53-50-47-45-43-41-38-35-33-31-29-26-23-20-17-14-11-8-2/h10-11,13-14,19-20,22-23,28-31,34-36,38-40,43-46,60,63,69-70H,7-9,12,15-18,21,24-27,32-33,37,41-42,47-59,61-62,64-68H2,1-6H3,(H-,73,75,77,78)/p+1/b13-10-,14-11-,22-19-,23-20-,30-28-,31-29-,36-34-,38-35-,40-39-,45-43-,46-44-,63-60+. The molecule has 10 heteroatoms. The SMILES string of the molecule is CC/C=C\C/C=C\C/C=C\C/C=C\C/C=C\C/C=C\CCCCCCC(=O)NC(COP(=O)(O)OCC[N+](C)(C)C)C(/C=C/CCCCCCCCCCCC)OC(=O)CCCCCCC/C=C\C/C=C\C/C=C\C/C=C\C/C=C\CC. The highest BCUT2D eigenvalue weighted by atomic mass is 31.2. The average Bonchev–Trinajstić information content (AvgIpc) is 3.47. The highest BCUT2D eigenvalue weighted by molar-refractivity contribution is 7.47. The normalized spacial score (nSPS) is 14.6. The highest BCUT2D eigenvalue weighted by Crippen LogP contribution is 2.43. The Bertz CT molecular complexity index is 1910. The number of ether oxygens (including phenoxy) is 1. The van der Waals surface area contributed by atoms with Gasteiger partial charge in [0.05, 0.1) is 33.8 Å². The van der Waals surface area contributed by atoms with Crippen molar-refractivity contribution in [1.29, 1.82) is 0 Å². The molecule has 0 bridgehead atoms. The van der Waals surface area contributed by atoms with Crippen LogP contribution in [-0.4, -0.2) is 74.3 Å². The molecule has 9 nitrogen and oxygen atoms in total. The van der Waals surface area contributed by atoms with Crippen LogP contribution < -0.4 is 5.32 Å². The van der Waals surface area contributed by atoms with Crippen LogP contribution in [0.5, 0.6) is 0 Å². The Kier molecular flexibility index (Phi) is 57.0. The molecule has 0 rings (SSSR count). The third-order valence-electron chi connectivity index (χ3n) is 13.5. The van der Waals surface area contributed by atoms with Gasteiger partial charge in [-0.15, -0.1) is 0 Å². The zero-order valence-electron chi connectivity index (χ0n) is 53.2. The molecule has 0 aromatic rings. The van der Waals surface area contributed by atoms with Crippen LogP contribution in [0.2, 0.25) is 0 Å². The lowest BCUT2D eigenvalue weighted by atomic mass is 10.0.